The van der Waals surface area contributed by atoms with Crippen LogP contribution in [-0.2, 0) is 16.1 Å². The Kier molecular flexibility index (Phi) is 11.0. The van der Waals surface area contributed by atoms with Crippen LogP contribution < -0.4 is 33.8 Å². The molecule has 0 N–H and O–H groups in total. The Balaban J connectivity index is 1.60. The number of ether oxygens (including phenoxy) is 5. The molecule has 0 aliphatic carbocycles. The van der Waals surface area contributed by atoms with Gasteiger partial charge in [-0.1, -0.05) is 46.7 Å². The van der Waals surface area contributed by atoms with Crippen molar-refractivity contribution >= 4 is 62.5 Å². The first-order valence-corrected chi connectivity index (χ1v) is 16.9. The molecule has 1 atom stereocenters. The Morgan fingerprint density at radius 3 is 2.45 bits per heavy atom. The summed E-state index contributed by atoms with van der Waals surface area (Å²) in [5, 5.41) is 1.03. The van der Waals surface area contributed by atoms with E-state index in [9.17, 15) is 9.59 Å². The molecule has 0 fully saturated rings. The zero-order valence-corrected chi connectivity index (χ0v) is 30.1. The van der Waals surface area contributed by atoms with Gasteiger partial charge in [-0.15, -0.1) is 0 Å². The summed E-state index contributed by atoms with van der Waals surface area (Å²) in [6.07, 6.45) is 1.76. The molecule has 1 aliphatic heterocycles. The van der Waals surface area contributed by atoms with E-state index in [1.54, 1.807) is 62.4 Å². The molecule has 0 saturated heterocycles. The van der Waals surface area contributed by atoms with Crippen molar-refractivity contribution in [2.24, 2.45) is 4.99 Å². The van der Waals surface area contributed by atoms with E-state index in [0.29, 0.717) is 70.3 Å². The number of thiazole rings is 1. The van der Waals surface area contributed by atoms with Gasteiger partial charge in [-0.25, -0.2) is 9.79 Å². The standard InChI is InChI=1S/C34H31BrCl2N2O7S/c1-6-44-27-13-19(12-23(35)31(27)46-17-21-8-10-22(36)16-24(21)37)14-28-32(40)39-30(20-9-11-25(42-4)26(15-20)43-5)29(33(41)45-7-2)18(3)38-34(39)47-28/h8-16,30H,6-7,17H2,1-5H3/b28-14-. The average Bonchev–Trinajstić information content (AvgIpc) is 3.34. The van der Waals surface area contributed by atoms with Gasteiger partial charge in [-0.05, 0) is 90.3 Å². The van der Waals surface area contributed by atoms with Gasteiger partial charge in [0.05, 0.1) is 53.8 Å². The summed E-state index contributed by atoms with van der Waals surface area (Å²) in [5.41, 5.74) is 2.48. The van der Waals surface area contributed by atoms with Gasteiger partial charge in [0, 0.05) is 15.6 Å². The monoisotopic (exact) mass is 760 g/mol. The number of methoxy groups -OCH3 is 2. The molecular weight excluding hydrogens is 731 g/mol. The van der Waals surface area contributed by atoms with Crippen LogP contribution in [0.3, 0.4) is 0 Å². The summed E-state index contributed by atoms with van der Waals surface area (Å²) in [6.45, 7) is 6.07. The molecule has 246 valence electrons. The molecule has 1 unspecified atom stereocenters. The number of esters is 1. The minimum Gasteiger partial charge on any atom is -0.493 e. The van der Waals surface area contributed by atoms with Crippen molar-refractivity contribution in [1.82, 2.24) is 4.57 Å². The van der Waals surface area contributed by atoms with E-state index in [4.69, 9.17) is 46.9 Å². The lowest BCUT2D eigenvalue weighted by Crippen LogP contribution is -2.40. The van der Waals surface area contributed by atoms with Crippen LogP contribution in [0.1, 0.15) is 43.5 Å². The van der Waals surface area contributed by atoms with Crippen molar-refractivity contribution < 1.29 is 28.5 Å². The number of rotatable bonds is 11. The highest BCUT2D eigenvalue weighted by molar-refractivity contribution is 9.10. The first kappa shape index (κ1) is 34.6. The van der Waals surface area contributed by atoms with Crippen LogP contribution in [-0.4, -0.2) is 38.0 Å². The highest BCUT2D eigenvalue weighted by atomic mass is 79.9. The van der Waals surface area contributed by atoms with Crippen molar-refractivity contribution in [2.75, 3.05) is 27.4 Å². The minimum absolute atomic E-state index is 0.169. The van der Waals surface area contributed by atoms with E-state index in [-0.39, 0.29) is 24.3 Å². The second-order valence-electron chi connectivity index (χ2n) is 10.2. The number of carbonyl (C=O) groups excluding carboxylic acids is 1. The van der Waals surface area contributed by atoms with Crippen LogP contribution in [0.15, 0.2) is 74.1 Å². The largest absolute Gasteiger partial charge is 0.493 e. The minimum atomic E-state index is -0.812. The number of aromatic nitrogens is 1. The maximum atomic E-state index is 14.2. The fraction of sp³-hybridized carbons (Fsp3) is 0.265. The van der Waals surface area contributed by atoms with E-state index in [0.717, 1.165) is 5.56 Å². The van der Waals surface area contributed by atoms with Crippen molar-refractivity contribution in [3.63, 3.8) is 0 Å². The van der Waals surface area contributed by atoms with Crippen LogP contribution in [0.25, 0.3) is 6.08 Å². The van der Waals surface area contributed by atoms with Crippen LogP contribution in [0.4, 0.5) is 0 Å². The van der Waals surface area contributed by atoms with Crippen LogP contribution in [0, 0.1) is 0 Å². The zero-order valence-electron chi connectivity index (χ0n) is 26.2. The van der Waals surface area contributed by atoms with Crippen molar-refractivity contribution in [3.8, 4) is 23.0 Å². The summed E-state index contributed by atoms with van der Waals surface area (Å²) in [5.74, 6) is 1.39. The number of nitrogens with zero attached hydrogens (tertiary/aromatic N) is 2. The number of hydrogen-bond acceptors (Lipinski definition) is 9. The SMILES string of the molecule is CCOC(=O)C1=C(C)N=c2s/c(=C\c3cc(Br)c(OCc4ccc(Cl)cc4Cl)c(OCC)c3)c(=O)n2C1c1ccc(OC)c(OC)c1. The number of benzene rings is 3. The molecule has 5 rings (SSSR count). The lowest BCUT2D eigenvalue weighted by atomic mass is 9.95. The van der Waals surface area contributed by atoms with Gasteiger partial charge in [0.2, 0.25) is 0 Å². The number of hydrogen-bond donors (Lipinski definition) is 0. The zero-order chi connectivity index (χ0) is 33.8. The van der Waals surface area contributed by atoms with Gasteiger partial charge in [0.15, 0.2) is 27.8 Å². The molecule has 0 bridgehead atoms. The molecule has 47 heavy (non-hydrogen) atoms. The second kappa shape index (κ2) is 15.0. The predicted octanol–water partition coefficient (Wildman–Crippen LogP) is 6.86. The summed E-state index contributed by atoms with van der Waals surface area (Å²) in [4.78, 5) is 32.5. The van der Waals surface area contributed by atoms with Crippen LogP contribution >= 0.6 is 50.5 Å². The molecule has 9 nitrogen and oxygen atoms in total. The van der Waals surface area contributed by atoms with Crippen molar-refractivity contribution in [3.05, 3.63) is 111 Å². The smallest absolute Gasteiger partial charge is 0.338 e. The summed E-state index contributed by atoms with van der Waals surface area (Å²) >= 11 is 17.2. The number of fused-ring (bicyclic) bond motifs is 1. The van der Waals surface area contributed by atoms with Gasteiger partial charge in [-0.2, -0.15) is 0 Å². The fourth-order valence-corrected chi connectivity index (χ4v) is 7.23. The quantitative estimate of drug-likeness (QED) is 0.154. The third-order valence-corrected chi connectivity index (χ3v) is 9.42. The third-order valence-electron chi connectivity index (χ3n) is 7.26. The maximum absolute atomic E-state index is 14.2. The Morgan fingerprint density at radius 1 is 1.00 bits per heavy atom. The van der Waals surface area contributed by atoms with E-state index in [1.165, 1.54) is 30.1 Å². The Labute approximate surface area is 293 Å². The molecule has 1 aromatic heterocycles. The molecular formula is C34H31BrCl2N2O7S. The topological polar surface area (TPSA) is 97.6 Å². The third kappa shape index (κ3) is 7.23. The number of halogens is 3. The molecule has 0 radical (unpaired) electrons. The van der Waals surface area contributed by atoms with Crippen LogP contribution in [0.2, 0.25) is 10.0 Å². The maximum Gasteiger partial charge on any atom is 0.338 e. The molecule has 0 amide bonds. The van der Waals surface area contributed by atoms with Gasteiger partial charge >= 0.3 is 5.97 Å². The first-order valence-electron chi connectivity index (χ1n) is 14.5. The average molecular weight is 763 g/mol. The van der Waals surface area contributed by atoms with Crippen molar-refractivity contribution in [2.45, 2.75) is 33.4 Å². The number of allylic oxidation sites excluding steroid dienone is 1. The van der Waals surface area contributed by atoms with E-state index in [1.807, 2.05) is 13.0 Å². The van der Waals surface area contributed by atoms with Gasteiger partial charge < -0.3 is 23.7 Å². The molecule has 0 spiro atoms. The molecule has 2 heterocycles. The van der Waals surface area contributed by atoms with Gasteiger partial charge in [-0.3, -0.25) is 9.36 Å². The first-order chi connectivity index (χ1) is 22.6. The Bertz CT molecular complexity index is 2060. The van der Waals surface area contributed by atoms with E-state index in [2.05, 4.69) is 20.9 Å². The molecule has 13 heteroatoms. The summed E-state index contributed by atoms with van der Waals surface area (Å²) < 4.78 is 31.0. The normalized spacial score (nSPS) is 14.4. The van der Waals surface area contributed by atoms with Crippen LogP contribution in [0.5, 0.6) is 23.0 Å². The Morgan fingerprint density at radius 2 is 1.77 bits per heavy atom. The summed E-state index contributed by atoms with van der Waals surface area (Å²) in [7, 11) is 3.07. The lowest BCUT2D eigenvalue weighted by Gasteiger charge is -2.25. The molecule has 0 saturated carbocycles. The highest BCUT2D eigenvalue weighted by Gasteiger charge is 2.34. The lowest BCUT2D eigenvalue weighted by molar-refractivity contribution is -0.139. The van der Waals surface area contributed by atoms with E-state index < -0.39 is 12.0 Å². The predicted molar refractivity (Wildman–Crippen MR) is 186 cm³/mol. The van der Waals surface area contributed by atoms with Crippen molar-refractivity contribution in [1.29, 1.82) is 0 Å². The van der Waals surface area contributed by atoms with Gasteiger partial charge in [0.1, 0.15) is 6.61 Å². The fourth-order valence-electron chi connectivity index (χ4n) is 5.14. The van der Waals surface area contributed by atoms with Gasteiger partial charge in [0.25, 0.3) is 5.56 Å². The highest BCUT2D eigenvalue weighted by Crippen LogP contribution is 2.39. The second-order valence-corrected chi connectivity index (χ2v) is 12.9. The van der Waals surface area contributed by atoms with E-state index >= 15 is 0 Å². The Hall–Kier alpha value is -3.77. The molecule has 3 aromatic carbocycles. The summed E-state index contributed by atoms with van der Waals surface area (Å²) in [6, 6.07) is 13.3. The number of carbonyl (C=O) groups is 1. The molecule has 4 aromatic rings. The molecule has 1 aliphatic rings.